The molecule has 2 saturated heterocycles. The summed E-state index contributed by atoms with van der Waals surface area (Å²) in [5, 5.41) is 0. The van der Waals surface area contributed by atoms with Crippen molar-refractivity contribution in [2.45, 2.75) is 43.9 Å². The first-order chi connectivity index (χ1) is 16.1. The second kappa shape index (κ2) is 10.8. The lowest BCUT2D eigenvalue weighted by Gasteiger charge is -2.48. The highest BCUT2D eigenvalue weighted by molar-refractivity contribution is 5.66. The summed E-state index contributed by atoms with van der Waals surface area (Å²) in [4.78, 5) is 12.0. The van der Waals surface area contributed by atoms with E-state index in [0.29, 0.717) is 11.5 Å². The summed E-state index contributed by atoms with van der Waals surface area (Å²) in [5.74, 6) is 0.736. The van der Waals surface area contributed by atoms with E-state index in [-0.39, 0.29) is 13.2 Å². The smallest absolute Gasteiger partial charge is 0.303 e. The van der Waals surface area contributed by atoms with Gasteiger partial charge < -0.3 is 33.2 Å². The van der Waals surface area contributed by atoms with E-state index >= 15 is 0 Å². The molecule has 2 fully saturated rings. The Kier molecular flexibility index (Phi) is 7.61. The van der Waals surface area contributed by atoms with E-state index in [2.05, 4.69) is 6.58 Å². The van der Waals surface area contributed by atoms with E-state index in [1.54, 1.807) is 37.5 Å². The maximum absolute atomic E-state index is 12.0. The summed E-state index contributed by atoms with van der Waals surface area (Å²) in [6, 6.07) is 16.6. The second-order valence-electron chi connectivity index (χ2n) is 7.67. The Labute approximate surface area is 192 Å². The minimum absolute atomic E-state index is 0.237. The molecular formula is C25H28O8. The number of hydrogen-bond acceptors (Lipinski definition) is 8. The Morgan fingerprint density at radius 2 is 1.79 bits per heavy atom. The van der Waals surface area contributed by atoms with E-state index in [1.165, 1.54) is 6.92 Å². The quantitative estimate of drug-likeness (QED) is 0.442. The number of fused-ring (bicyclic) bond motifs is 1. The zero-order chi connectivity index (χ0) is 23.2. The molecule has 0 spiro atoms. The molecule has 176 valence electrons. The Morgan fingerprint density at radius 1 is 1.06 bits per heavy atom. The minimum Gasteiger partial charge on any atom is -0.497 e. The van der Waals surface area contributed by atoms with Crippen LogP contribution in [0.3, 0.4) is 0 Å². The Bertz CT molecular complexity index is 916. The van der Waals surface area contributed by atoms with Crippen LogP contribution in [0, 0.1) is 0 Å². The molecule has 1 unspecified atom stereocenters. The number of hydrogen-bond donors (Lipinski definition) is 0. The average molecular weight is 456 g/mol. The molecule has 8 heteroatoms. The van der Waals surface area contributed by atoms with Gasteiger partial charge in [-0.1, -0.05) is 36.4 Å². The van der Waals surface area contributed by atoms with Crippen molar-refractivity contribution >= 4 is 5.97 Å². The first-order valence-corrected chi connectivity index (χ1v) is 10.8. The van der Waals surface area contributed by atoms with Crippen LogP contribution in [0.15, 0.2) is 67.3 Å². The summed E-state index contributed by atoms with van der Waals surface area (Å²) >= 11 is 0. The largest absolute Gasteiger partial charge is 0.497 e. The first-order valence-electron chi connectivity index (χ1n) is 10.8. The molecule has 33 heavy (non-hydrogen) atoms. The lowest BCUT2D eigenvalue weighted by Crippen LogP contribution is -2.64. The van der Waals surface area contributed by atoms with E-state index in [4.69, 9.17) is 33.2 Å². The standard InChI is InChI=1S/C25H28O8/c1-4-14-28-22-21-20(15-29-24(33-21)17-8-6-5-7-9-17)32-25(23(22)30-16(2)26)31-19-12-10-18(27-3)11-13-19/h4-13,20-25H,1,14-15H2,2-3H3/t20-,21-,22+,23-,24?,25-/m1/s1. The summed E-state index contributed by atoms with van der Waals surface area (Å²) in [5.41, 5.74) is 0.874. The third kappa shape index (κ3) is 5.54. The molecule has 2 aliphatic rings. The highest BCUT2D eigenvalue weighted by atomic mass is 16.8. The van der Waals surface area contributed by atoms with Gasteiger partial charge >= 0.3 is 5.97 Å². The summed E-state index contributed by atoms with van der Waals surface area (Å²) < 4.78 is 41.3. The zero-order valence-electron chi connectivity index (χ0n) is 18.6. The zero-order valence-corrected chi connectivity index (χ0v) is 18.6. The van der Waals surface area contributed by atoms with Crippen LogP contribution >= 0.6 is 0 Å². The van der Waals surface area contributed by atoms with Crippen LogP contribution in [-0.4, -0.2) is 57.0 Å². The summed E-state index contributed by atoms with van der Waals surface area (Å²) in [7, 11) is 1.59. The van der Waals surface area contributed by atoms with E-state index in [1.807, 2.05) is 30.3 Å². The maximum Gasteiger partial charge on any atom is 0.303 e. The first kappa shape index (κ1) is 23.3. The van der Waals surface area contributed by atoms with Crippen molar-refractivity contribution in [1.82, 2.24) is 0 Å². The SMILES string of the molecule is C=CCO[C@@H]1[C@@H](OC(C)=O)[C@H](Oc2ccc(OC)cc2)O[C@@H]2COC(c3ccccc3)O[C@@H]12. The van der Waals surface area contributed by atoms with Gasteiger partial charge in [0.05, 0.1) is 20.3 Å². The number of esters is 1. The van der Waals surface area contributed by atoms with Gasteiger partial charge in [-0.3, -0.25) is 4.79 Å². The third-order valence-electron chi connectivity index (χ3n) is 5.38. The minimum atomic E-state index is -0.932. The van der Waals surface area contributed by atoms with Crippen LogP contribution in [0.25, 0.3) is 0 Å². The Balaban J connectivity index is 1.59. The van der Waals surface area contributed by atoms with Crippen molar-refractivity contribution in [2.75, 3.05) is 20.3 Å². The summed E-state index contributed by atoms with van der Waals surface area (Å²) in [6.45, 7) is 5.55. The number of carbonyl (C=O) groups is 1. The maximum atomic E-state index is 12.0. The molecule has 2 heterocycles. The molecule has 2 aromatic rings. The number of ether oxygens (including phenoxy) is 7. The number of methoxy groups -OCH3 is 1. The van der Waals surface area contributed by atoms with Gasteiger partial charge in [-0.2, -0.15) is 0 Å². The van der Waals surface area contributed by atoms with Crippen LogP contribution < -0.4 is 9.47 Å². The van der Waals surface area contributed by atoms with Gasteiger partial charge in [-0.15, -0.1) is 6.58 Å². The number of carbonyl (C=O) groups excluding carboxylic acids is 1. The van der Waals surface area contributed by atoms with E-state index in [9.17, 15) is 4.79 Å². The predicted molar refractivity (Wildman–Crippen MR) is 118 cm³/mol. The van der Waals surface area contributed by atoms with Gasteiger partial charge in [-0.25, -0.2) is 0 Å². The van der Waals surface area contributed by atoms with Gasteiger partial charge in [0.15, 0.2) is 12.4 Å². The van der Waals surface area contributed by atoms with E-state index in [0.717, 1.165) is 5.56 Å². The average Bonchev–Trinajstić information content (AvgIpc) is 2.84. The molecule has 8 nitrogen and oxygen atoms in total. The second-order valence-corrected chi connectivity index (χ2v) is 7.67. The van der Waals surface area contributed by atoms with Crippen molar-refractivity contribution in [3.05, 3.63) is 72.8 Å². The number of benzene rings is 2. The molecular weight excluding hydrogens is 428 g/mol. The molecule has 0 saturated carbocycles. The molecule has 0 bridgehead atoms. The lowest BCUT2D eigenvalue weighted by molar-refractivity contribution is -0.354. The van der Waals surface area contributed by atoms with Crippen molar-refractivity contribution in [2.24, 2.45) is 0 Å². The normalized spacial score (nSPS) is 28.9. The Hall–Kier alpha value is -2.91. The molecule has 0 aromatic heterocycles. The molecule has 6 atom stereocenters. The van der Waals surface area contributed by atoms with Crippen molar-refractivity contribution in [3.63, 3.8) is 0 Å². The molecule has 0 amide bonds. The van der Waals surface area contributed by atoms with Crippen LogP contribution in [0.2, 0.25) is 0 Å². The van der Waals surface area contributed by atoms with Crippen molar-refractivity contribution in [1.29, 1.82) is 0 Å². The molecule has 0 N–H and O–H groups in total. The molecule has 2 aliphatic heterocycles. The molecule has 4 rings (SSSR count). The van der Waals surface area contributed by atoms with E-state index < -0.39 is 43.0 Å². The Morgan fingerprint density at radius 3 is 2.45 bits per heavy atom. The van der Waals surface area contributed by atoms with Gasteiger partial charge in [0.1, 0.15) is 29.8 Å². The molecule has 0 aliphatic carbocycles. The third-order valence-corrected chi connectivity index (χ3v) is 5.38. The van der Waals surface area contributed by atoms with Crippen molar-refractivity contribution < 1.29 is 38.0 Å². The van der Waals surface area contributed by atoms with Crippen LogP contribution in [0.4, 0.5) is 0 Å². The highest BCUT2D eigenvalue weighted by Crippen LogP contribution is 2.37. The monoisotopic (exact) mass is 456 g/mol. The fourth-order valence-electron chi connectivity index (χ4n) is 3.90. The van der Waals surface area contributed by atoms with Crippen LogP contribution in [-0.2, 0) is 28.5 Å². The number of rotatable bonds is 8. The predicted octanol–water partition coefficient (Wildman–Crippen LogP) is 3.42. The van der Waals surface area contributed by atoms with Gasteiger partial charge in [0.25, 0.3) is 0 Å². The van der Waals surface area contributed by atoms with Gasteiger partial charge in [-0.05, 0) is 24.3 Å². The summed E-state index contributed by atoms with van der Waals surface area (Å²) in [6.07, 6.45) is -2.48. The van der Waals surface area contributed by atoms with Crippen LogP contribution in [0.5, 0.6) is 11.5 Å². The van der Waals surface area contributed by atoms with Gasteiger partial charge in [0, 0.05) is 12.5 Å². The van der Waals surface area contributed by atoms with Gasteiger partial charge in [0.2, 0.25) is 6.29 Å². The molecule has 2 aromatic carbocycles. The topological polar surface area (TPSA) is 81.7 Å². The fourth-order valence-corrected chi connectivity index (χ4v) is 3.90. The lowest BCUT2D eigenvalue weighted by atomic mass is 9.97. The highest BCUT2D eigenvalue weighted by Gasteiger charge is 2.53. The van der Waals surface area contributed by atoms with Crippen LogP contribution in [0.1, 0.15) is 18.8 Å². The molecule has 0 radical (unpaired) electrons. The van der Waals surface area contributed by atoms with Crippen molar-refractivity contribution in [3.8, 4) is 11.5 Å². The fraction of sp³-hybridized carbons (Fsp3) is 0.400.